The first kappa shape index (κ1) is 12.9. The van der Waals surface area contributed by atoms with E-state index in [1.165, 1.54) is 0 Å². The highest BCUT2D eigenvalue weighted by Gasteiger charge is 2.14. The standard InChI is InChI=1S/C5H11NO2.C4H6O2/c1-3(2)4(6)5(7)8;5-4-2-1-3-6-4/h3-4H,6H2,1-2H3,(H,7,8);1-3H2/t4-;/m0./s1. The van der Waals surface area contributed by atoms with E-state index < -0.39 is 12.0 Å². The van der Waals surface area contributed by atoms with Crippen LogP contribution in [0.1, 0.15) is 26.7 Å². The number of hydrogen-bond acceptors (Lipinski definition) is 4. The highest BCUT2D eigenvalue weighted by molar-refractivity contribution is 5.73. The van der Waals surface area contributed by atoms with Gasteiger partial charge in [0.05, 0.1) is 6.61 Å². The Morgan fingerprint density at radius 2 is 2.14 bits per heavy atom. The molecule has 1 aliphatic heterocycles. The second kappa shape index (κ2) is 6.37. The van der Waals surface area contributed by atoms with Crippen LogP contribution < -0.4 is 5.73 Å². The average Bonchev–Trinajstić information content (AvgIpc) is 2.55. The lowest BCUT2D eigenvalue weighted by Gasteiger charge is -2.07. The number of aliphatic carboxylic acids is 1. The topological polar surface area (TPSA) is 89.6 Å². The molecule has 0 aromatic carbocycles. The highest BCUT2D eigenvalue weighted by atomic mass is 16.5. The van der Waals surface area contributed by atoms with Crippen molar-refractivity contribution in [2.24, 2.45) is 11.7 Å². The molecule has 0 saturated carbocycles. The van der Waals surface area contributed by atoms with Gasteiger partial charge in [-0.2, -0.15) is 0 Å². The molecule has 3 N–H and O–H groups in total. The number of carbonyl (C=O) groups excluding carboxylic acids is 1. The Morgan fingerprint density at radius 3 is 2.21 bits per heavy atom. The zero-order chi connectivity index (χ0) is 11.1. The molecule has 0 amide bonds. The third-order valence-corrected chi connectivity index (χ3v) is 1.79. The van der Waals surface area contributed by atoms with Crippen molar-refractivity contribution in [3.8, 4) is 0 Å². The molecule has 0 bridgehead atoms. The smallest absolute Gasteiger partial charge is 0.320 e. The Balaban J connectivity index is 0.000000249. The molecule has 1 rings (SSSR count). The zero-order valence-electron chi connectivity index (χ0n) is 8.53. The predicted octanol–water partition coefficient (Wildman–Crippen LogP) is 0.378. The average molecular weight is 203 g/mol. The number of hydrogen-bond donors (Lipinski definition) is 2. The van der Waals surface area contributed by atoms with Gasteiger partial charge in [0.2, 0.25) is 0 Å². The number of carboxylic acids is 1. The third-order valence-electron chi connectivity index (χ3n) is 1.79. The van der Waals surface area contributed by atoms with Crippen LogP contribution in [0.15, 0.2) is 0 Å². The summed E-state index contributed by atoms with van der Waals surface area (Å²) in [6, 6.07) is -0.713. The summed E-state index contributed by atoms with van der Waals surface area (Å²) in [6.07, 6.45) is 1.54. The minimum atomic E-state index is -0.931. The number of esters is 1. The van der Waals surface area contributed by atoms with E-state index in [1.54, 1.807) is 13.8 Å². The molecule has 5 nitrogen and oxygen atoms in total. The fourth-order valence-corrected chi connectivity index (χ4v) is 0.760. The van der Waals surface area contributed by atoms with Gasteiger partial charge in [0.1, 0.15) is 6.04 Å². The Morgan fingerprint density at radius 1 is 1.57 bits per heavy atom. The minimum Gasteiger partial charge on any atom is -0.480 e. The van der Waals surface area contributed by atoms with Gasteiger partial charge in [-0.15, -0.1) is 0 Å². The summed E-state index contributed by atoms with van der Waals surface area (Å²) >= 11 is 0. The molecule has 0 aromatic rings. The van der Waals surface area contributed by atoms with E-state index in [9.17, 15) is 9.59 Å². The number of ether oxygens (including phenoxy) is 1. The quantitative estimate of drug-likeness (QED) is 0.633. The Labute approximate surface area is 83.2 Å². The molecule has 1 heterocycles. The van der Waals surface area contributed by atoms with E-state index in [2.05, 4.69) is 4.74 Å². The lowest BCUT2D eigenvalue weighted by Crippen LogP contribution is -2.34. The Bertz CT molecular complexity index is 195. The van der Waals surface area contributed by atoms with Crippen LogP contribution in [-0.4, -0.2) is 29.7 Å². The maximum absolute atomic E-state index is 10.0. The lowest BCUT2D eigenvalue weighted by molar-refractivity contribution is -0.140. The van der Waals surface area contributed by atoms with Gasteiger partial charge in [-0.3, -0.25) is 9.59 Å². The second-order valence-electron chi connectivity index (χ2n) is 3.43. The van der Waals surface area contributed by atoms with Crippen molar-refractivity contribution in [2.75, 3.05) is 6.61 Å². The zero-order valence-corrected chi connectivity index (χ0v) is 8.53. The molecule has 0 aromatic heterocycles. The van der Waals surface area contributed by atoms with Gasteiger partial charge in [0, 0.05) is 6.42 Å². The molecule has 1 fully saturated rings. The van der Waals surface area contributed by atoms with Gasteiger partial charge in [-0.25, -0.2) is 0 Å². The van der Waals surface area contributed by atoms with Crippen molar-refractivity contribution >= 4 is 11.9 Å². The van der Waals surface area contributed by atoms with Crippen LogP contribution in [0.5, 0.6) is 0 Å². The maximum atomic E-state index is 10.0. The molecular weight excluding hydrogens is 186 g/mol. The normalized spacial score (nSPS) is 17.0. The summed E-state index contributed by atoms with van der Waals surface area (Å²) in [4.78, 5) is 20.0. The predicted molar refractivity (Wildman–Crippen MR) is 50.6 cm³/mol. The number of cyclic esters (lactones) is 1. The first-order chi connectivity index (χ1) is 6.45. The Kier molecular flexibility index (Phi) is 5.87. The summed E-state index contributed by atoms with van der Waals surface area (Å²) in [5.74, 6) is -0.956. The first-order valence-electron chi connectivity index (χ1n) is 4.59. The van der Waals surface area contributed by atoms with Crippen LogP contribution in [0.3, 0.4) is 0 Å². The molecule has 14 heavy (non-hydrogen) atoms. The maximum Gasteiger partial charge on any atom is 0.320 e. The van der Waals surface area contributed by atoms with E-state index >= 15 is 0 Å². The number of carbonyl (C=O) groups is 2. The lowest BCUT2D eigenvalue weighted by atomic mass is 10.1. The summed E-state index contributed by atoms with van der Waals surface area (Å²) in [5.41, 5.74) is 5.16. The van der Waals surface area contributed by atoms with Crippen molar-refractivity contribution in [2.45, 2.75) is 32.7 Å². The summed E-state index contributed by atoms with van der Waals surface area (Å²) < 4.78 is 4.51. The van der Waals surface area contributed by atoms with Crippen LogP contribution in [0.2, 0.25) is 0 Å². The summed E-state index contributed by atoms with van der Waals surface area (Å²) in [5, 5.41) is 8.23. The third kappa shape index (κ3) is 5.53. The van der Waals surface area contributed by atoms with Gasteiger partial charge >= 0.3 is 11.9 Å². The molecule has 1 atom stereocenters. The molecule has 5 heteroatoms. The van der Waals surface area contributed by atoms with E-state index in [4.69, 9.17) is 10.8 Å². The largest absolute Gasteiger partial charge is 0.480 e. The van der Waals surface area contributed by atoms with Crippen LogP contribution >= 0.6 is 0 Å². The number of rotatable bonds is 2. The molecule has 0 radical (unpaired) electrons. The van der Waals surface area contributed by atoms with Crippen molar-refractivity contribution in [3.05, 3.63) is 0 Å². The molecule has 0 aliphatic carbocycles. The monoisotopic (exact) mass is 203 g/mol. The summed E-state index contributed by atoms with van der Waals surface area (Å²) in [7, 11) is 0. The SMILES string of the molecule is CC(C)[C@H](N)C(=O)O.O=C1CCCO1. The van der Waals surface area contributed by atoms with E-state index in [1.807, 2.05) is 0 Å². The molecule has 0 spiro atoms. The van der Waals surface area contributed by atoms with Gasteiger partial charge in [0.15, 0.2) is 0 Å². The minimum absolute atomic E-state index is 0.0208. The molecule has 82 valence electrons. The molecule has 1 saturated heterocycles. The Hall–Kier alpha value is -1.10. The first-order valence-corrected chi connectivity index (χ1v) is 4.59. The molecule has 0 unspecified atom stereocenters. The van der Waals surface area contributed by atoms with Crippen molar-refractivity contribution in [1.29, 1.82) is 0 Å². The van der Waals surface area contributed by atoms with Crippen LogP contribution in [-0.2, 0) is 14.3 Å². The van der Waals surface area contributed by atoms with E-state index in [-0.39, 0.29) is 11.9 Å². The molecular formula is C9H17NO4. The second-order valence-corrected chi connectivity index (χ2v) is 3.43. The van der Waals surface area contributed by atoms with E-state index in [0.717, 1.165) is 6.42 Å². The number of nitrogens with two attached hydrogens (primary N) is 1. The van der Waals surface area contributed by atoms with Gasteiger partial charge in [0.25, 0.3) is 0 Å². The van der Waals surface area contributed by atoms with Crippen LogP contribution in [0.25, 0.3) is 0 Å². The highest BCUT2D eigenvalue weighted by Crippen LogP contribution is 2.01. The van der Waals surface area contributed by atoms with Gasteiger partial charge in [-0.05, 0) is 12.3 Å². The van der Waals surface area contributed by atoms with Crippen LogP contribution in [0, 0.1) is 5.92 Å². The van der Waals surface area contributed by atoms with Crippen molar-refractivity contribution in [1.82, 2.24) is 0 Å². The fourth-order valence-electron chi connectivity index (χ4n) is 0.760. The number of carboxylic acid groups (broad SMARTS) is 1. The molecule has 1 aliphatic rings. The van der Waals surface area contributed by atoms with Gasteiger partial charge < -0.3 is 15.6 Å². The van der Waals surface area contributed by atoms with Crippen molar-refractivity contribution in [3.63, 3.8) is 0 Å². The van der Waals surface area contributed by atoms with Gasteiger partial charge in [-0.1, -0.05) is 13.8 Å². The van der Waals surface area contributed by atoms with Crippen LogP contribution in [0.4, 0.5) is 0 Å². The summed E-state index contributed by atoms with van der Waals surface area (Å²) in [6.45, 7) is 4.19. The fraction of sp³-hybridized carbons (Fsp3) is 0.778. The van der Waals surface area contributed by atoms with Crippen molar-refractivity contribution < 1.29 is 19.4 Å². The van der Waals surface area contributed by atoms with E-state index in [0.29, 0.717) is 13.0 Å².